The van der Waals surface area contributed by atoms with Crippen LogP contribution in [0.2, 0.25) is 0 Å². The summed E-state index contributed by atoms with van der Waals surface area (Å²) in [4.78, 5) is 7.43. The number of hydrogen-bond acceptors (Lipinski definition) is 3. The van der Waals surface area contributed by atoms with E-state index in [1.807, 2.05) is 22.7 Å². The minimum absolute atomic E-state index is 0.218. The zero-order valence-corrected chi connectivity index (χ0v) is 33.2. The van der Waals surface area contributed by atoms with Crippen LogP contribution in [0, 0.1) is 5.92 Å². The first-order valence-electron chi connectivity index (χ1n) is 20.7. The van der Waals surface area contributed by atoms with E-state index in [1.165, 1.54) is 91.0 Å². The third kappa shape index (κ3) is 5.50. The number of benzene rings is 4. The number of rotatable bonds is 5. The highest BCUT2D eigenvalue weighted by molar-refractivity contribution is 7.25. The Labute approximate surface area is 337 Å². The van der Waals surface area contributed by atoms with Gasteiger partial charge >= 0.3 is 0 Å². The van der Waals surface area contributed by atoms with Crippen LogP contribution in [0.4, 0.5) is 0 Å². The van der Waals surface area contributed by atoms with Crippen molar-refractivity contribution in [3.63, 3.8) is 0 Å². The molecular weight excluding hydrogens is 715 g/mol. The molecule has 3 heterocycles. The number of fused-ring (bicyclic) bond motifs is 8. The van der Waals surface area contributed by atoms with Crippen molar-refractivity contribution >= 4 is 76.4 Å². The lowest BCUT2D eigenvalue weighted by atomic mass is 9.79. The first kappa shape index (κ1) is 33.1. The van der Waals surface area contributed by atoms with Crippen molar-refractivity contribution in [2.24, 2.45) is 10.9 Å². The maximum atomic E-state index is 5.99. The Morgan fingerprint density at radius 2 is 1.52 bits per heavy atom. The standard InChI is InChI=1S/C53H43NS2/c1-2-10-33(11-3-1)41-28-43-32-53(43,54-48(31-41)38-19-18-34-12-4-5-13-35(34)24-38)42-26-39(36-20-22-51-46(29-36)44-14-6-8-16-49(44)55-51)25-40(27-42)37-21-23-52-47(30-37)45-15-7-9-17-50(45)56-52/h2,4-6,8-14,16-17,20-24,26-27,29-31,39,43H,1,3,7,15,18-19,25,28,32H2. The number of aliphatic imine (C=N–C) groups is 1. The summed E-state index contributed by atoms with van der Waals surface area (Å²) in [6.07, 6.45) is 31.9. The lowest BCUT2D eigenvalue weighted by Crippen LogP contribution is -2.19. The van der Waals surface area contributed by atoms with Gasteiger partial charge in [0.15, 0.2) is 0 Å². The van der Waals surface area contributed by atoms with E-state index < -0.39 is 0 Å². The Bertz CT molecular complexity index is 2910. The highest BCUT2D eigenvalue weighted by Crippen LogP contribution is 2.60. The third-order valence-electron chi connectivity index (χ3n) is 13.4. The second kappa shape index (κ2) is 13.0. The van der Waals surface area contributed by atoms with Crippen molar-refractivity contribution in [3.8, 4) is 0 Å². The molecule has 1 fully saturated rings. The lowest BCUT2D eigenvalue weighted by molar-refractivity contribution is 0.675. The molecule has 56 heavy (non-hydrogen) atoms. The van der Waals surface area contributed by atoms with Gasteiger partial charge in [-0.2, -0.15) is 0 Å². The van der Waals surface area contributed by atoms with E-state index in [0.29, 0.717) is 5.92 Å². The third-order valence-corrected chi connectivity index (χ3v) is 15.7. The number of nitrogens with zero attached hydrogens (tertiary/aromatic N) is 1. The molecule has 3 atom stereocenters. The average molecular weight is 758 g/mol. The van der Waals surface area contributed by atoms with Crippen LogP contribution < -0.4 is 0 Å². The molecule has 272 valence electrons. The summed E-state index contributed by atoms with van der Waals surface area (Å²) in [5.41, 5.74) is 15.3. The molecule has 1 aliphatic heterocycles. The zero-order valence-electron chi connectivity index (χ0n) is 31.6. The van der Waals surface area contributed by atoms with Crippen LogP contribution in [-0.4, -0.2) is 11.3 Å². The van der Waals surface area contributed by atoms with Crippen LogP contribution in [0.25, 0.3) is 48.0 Å². The highest BCUT2D eigenvalue weighted by atomic mass is 32.1. The molecule has 0 bridgehead atoms. The van der Waals surface area contributed by atoms with Gasteiger partial charge in [0.2, 0.25) is 0 Å². The summed E-state index contributed by atoms with van der Waals surface area (Å²) in [7, 11) is 0. The molecule has 3 heteroatoms. The maximum absolute atomic E-state index is 5.99. The maximum Gasteiger partial charge on any atom is 0.0897 e. The van der Waals surface area contributed by atoms with Crippen molar-refractivity contribution in [1.82, 2.24) is 0 Å². The van der Waals surface area contributed by atoms with Crippen molar-refractivity contribution in [2.75, 3.05) is 0 Å². The summed E-state index contributed by atoms with van der Waals surface area (Å²) in [5.74, 6) is 0.765. The molecule has 4 aromatic carbocycles. The van der Waals surface area contributed by atoms with Gasteiger partial charge in [0.25, 0.3) is 0 Å². The molecule has 3 unspecified atom stereocenters. The van der Waals surface area contributed by atoms with E-state index >= 15 is 0 Å². The van der Waals surface area contributed by atoms with Crippen LogP contribution in [0.3, 0.4) is 0 Å². The largest absolute Gasteiger partial charge is 0.273 e. The van der Waals surface area contributed by atoms with E-state index in [0.717, 1.165) is 57.8 Å². The van der Waals surface area contributed by atoms with E-state index in [9.17, 15) is 0 Å². The number of allylic oxidation sites excluding steroid dienone is 10. The van der Waals surface area contributed by atoms with E-state index in [4.69, 9.17) is 4.99 Å². The van der Waals surface area contributed by atoms with Gasteiger partial charge in [-0.15, -0.1) is 22.7 Å². The Balaban J connectivity index is 1.01. The molecule has 0 N–H and O–H groups in total. The first-order valence-corrected chi connectivity index (χ1v) is 22.3. The fourth-order valence-electron chi connectivity index (χ4n) is 10.3. The molecule has 12 rings (SSSR count). The van der Waals surface area contributed by atoms with Gasteiger partial charge in [0.1, 0.15) is 0 Å². The molecule has 0 amide bonds. The molecular formula is C53H43NS2. The van der Waals surface area contributed by atoms with Gasteiger partial charge in [-0.05, 0) is 173 Å². The fourth-order valence-corrected chi connectivity index (χ4v) is 12.6. The minimum atomic E-state index is -0.218. The second-order valence-electron chi connectivity index (χ2n) is 16.8. The van der Waals surface area contributed by atoms with Crippen molar-refractivity contribution in [3.05, 3.63) is 182 Å². The van der Waals surface area contributed by atoms with Crippen molar-refractivity contribution < 1.29 is 0 Å². The summed E-state index contributed by atoms with van der Waals surface area (Å²) in [5, 5.41) is 4.21. The monoisotopic (exact) mass is 757 g/mol. The summed E-state index contributed by atoms with van der Waals surface area (Å²) in [6, 6.07) is 32.5. The zero-order chi connectivity index (χ0) is 36.8. The predicted octanol–water partition coefficient (Wildman–Crippen LogP) is 14.6. The fraction of sp³-hybridized carbons (Fsp3) is 0.226. The Morgan fingerprint density at radius 1 is 0.643 bits per heavy atom. The molecule has 6 aliphatic rings. The van der Waals surface area contributed by atoms with Crippen LogP contribution in [0.5, 0.6) is 0 Å². The van der Waals surface area contributed by atoms with Crippen LogP contribution in [-0.2, 0) is 12.8 Å². The van der Waals surface area contributed by atoms with E-state index in [-0.39, 0.29) is 11.5 Å². The molecule has 0 saturated heterocycles. The molecule has 2 aromatic heterocycles. The average Bonchev–Trinajstić information content (AvgIpc) is 3.69. The molecule has 0 spiro atoms. The van der Waals surface area contributed by atoms with Gasteiger partial charge in [0, 0.05) is 35.7 Å². The van der Waals surface area contributed by atoms with Gasteiger partial charge in [0.05, 0.1) is 11.3 Å². The Hall–Kier alpha value is -5.09. The smallest absolute Gasteiger partial charge is 0.0897 e. The SMILES string of the molecule is C1=CC(C2=CC(C3=Cc4ccccc4CC3)=NC3(C4=CC(c5ccc6sc7ccccc7c6c5)CC(c5ccc6sc7c(c6c5)CCC=C7)=C4)CC3C2)=CCC1. The topological polar surface area (TPSA) is 12.4 Å². The van der Waals surface area contributed by atoms with Crippen molar-refractivity contribution in [1.29, 1.82) is 0 Å². The van der Waals surface area contributed by atoms with Gasteiger partial charge < -0.3 is 0 Å². The van der Waals surface area contributed by atoms with E-state index in [2.05, 4.69) is 140 Å². The van der Waals surface area contributed by atoms with Gasteiger partial charge in [-0.3, -0.25) is 4.99 Å². The van der Waals surface area contributed by atoms with E-state index in [1.54, 1.807) is 5.56 Å². The van der Waals surface area contributed by atoms with Crippen LogP contribution >= 0.6 is 22.7 Å². The van der Waals surface area contributed by atoms with Crippen LogP contribution in [0.1, 0.15) is 83.6 Å². The number of aryl methyl sites for hydroxylation is 2. The molecule has 1 nitrogen and oxygen atoms in total. The summed E-state index contributed by atoms with van der Waals surface area (Å²) >= 11 is 3.87. The highest BCUT2D eigenvalue weighted by Gasteiger charge is 2.58. The molecule has 1 saturated carbocycles. The summed E-state index contributed by atoms with van der Waals surface area (Å²) in [6.45, 7) is 0. The number of thiophene rings is 2. The normalized spacial score (nSPS) is 24.0. The van der Waals surface area contributed by atoms with Gasteiger partial charge in [-0.25, -0.2) is 0 Å². The quantitative estimate of drug-likeness (QED) is 0.166. The molecule has 6 aromatic rings. The molecule has 5 aliphatic carbocycles. The minimum Gasteiger partial charge on any atom is -0.273 e. The summed E-state index contributed by atoms with van der Waals surface area (Å²) < 4.78 is 4.15. The second-order valence-corrected chi connectivity index (χ2v) is 18.9. The predicted molar refractivity (Wildman–Crippen MR) is 242 cm³/mol. The Morgan fingerprint density at radius 3 is 2.48 bits per heavy atom. The van der Waals surface area contributed by atoms with Crippen LogP contribution in [0.15, 0.2) is 155 Å². The Kier molecular flexibility index (Phi) is 7.67. The van der Waals surface area contributed by atoms with Crippen molar-refractivity contribution in [2.45, 2.75) is 69.2 Å². The lowest BCUT2D eigenvalue weighted by Gasteiger charge is -2.27. The number of hydrogen-bond donors (Lipinski definition) is 0. The first-order chi connectivity index (χ1) is 27.6. The molecule has 0 radical (unpaired) electrons. The van der Waals surface area contributed by atoms with Gasteiger partial charge in [-0.1, -0.05) is 91.1 Å².